The first kappa shape index (κ1) is 47.8. The minimum atomic E-state index is -0.695. The average Bonchev–Trinajstić information content (AvgIpc) is 4.21. The van der Waals surface area contributed by atoms with Crippen molar-refractivity contribution < 1.29 is 28.0 Å². The Morgan fingerprint density at radius 2 is 1.09 bits per heavy atom. The second-order valence-electron chi connectivity index (χ2n) is 15.7. The molecule has 4 N–H and O–H groups in total. The summed E-state index contributed by atoms with van der Waals surface area (Å²) >= 11 is 5.83. The molecule has 4 amide bonds. The third-order valence-corrected chi connectivity index (χ3v) is 14.0. The number of amides is 4. The summed E-state index contributed by atoms with van der Waals surface area (Å²) in [6.45, 7) is 4.13. The maximum Gasteiger partial charge on any atom is 0.245 e. The monoisotopic (exact) mass is 980 g/mol. The number of hydrogen-bond acceptors (Lipinski definition) is 12. The normalized spacial score (nSPS) is 12.0. The van der Waals surface area contributed by atoms with E-state index in [0.29, 0.717) is 36.0 Å². The first-order valence-electron chi connectivity index (χ1n) is 21.6. The minimum Gasteiger partial charge on any atom is -0.467 e. The number of hydrogen-bond donors (Lipinski definition) is 4. The van der Waals surface area contributed by atoms with Crippen LogP contribution < -0.4 is 20.1 Å². The highest BCUT2D eigenvalue weighted by molar-refractivity contribution is 7.97. The Bertz CT molecular complexity index is 2670. The molecule has 12 nitrogen and oxygen atoms in total. The molecular formula is C52H48N6O6S4. The highest BCUT2D eigenvalue weighted by atomic mass is 32.2. The molecule has 4 aromatic carbocycles. The fourth-order valence-electron chi connectivity index (χ4n) is 7.26. The standard InChI is InChI=1S/C52H48N6O6S4/c1-35(59)53-41-17-21-45(22-18-41)67-55-49(37-11-5-3-6-12-37)51(61)57(29-43-15-9-25-63-43)32-48-28-40(34-66-48)39-27-44(64-33-39)30-58(31-47-16-10-26-65-47)52(62)50(38-13-7-4-8-14-38)56-68-46-23-19-42(20-24-46)54-36(2)60/h3-28,33-34,49-50,55-56H,29-32H2,1-2H3,(H,53,59)(H,54,60)/t49-,50+/m1/s1. The summed E-state index contributed by atoms with van der Waals surface area (Å²) in [6.07, 6.45) is 3.32. The Balaban J connectivity index is 0.991. The summed E-state index contributed by atoms with van der Waals surface area (Å²) in [6, 6.07) is 44.5. The zero-order valence-electron chi connectivity index (χ0n) is 37.1. The lowest BCUT2D eigenvalue weighted by Crippen LogP contribution is -2.38. The van der Waals surface area contributed by atoms with E-state index in [4.69, 9.17) is 8.83 Å². The maximum atomic E-state index is 14.7. The fraction of sp³-hybridized carbons (Fsp3) is 0.154. The van der Waals surface area contributed by atoms with Crippen LogP contribution in [0.1, 0.15) is 58.3 Å². The second kappa shape index (κ2) is 23.4. The molecule has 4 aromatic heterocycles. The molecule has 0 fully saturated rings. The first-order chi connectivity index (χ1) is 33.1. The van der Waals surface area contributed by atoms with Crippen LogP contribution in [-0.2, 0) is 45.4 Å². The van der Waals surface area contributed by atoms with Crippen LogP contribution >= 0.6 is 46.6 Å². The van der Waals surface area contributed by atoms with Crippen LogP contribution in [0, 0.1) is 0 Å². The van der Waals surface area contributed by atoms with Gasteiger partial charge in [0.15, 0.2) is 0 Å². The molecule has 8 rings (SSSR count). The number of benzene rings is 4. The number of nitrogens with one attached hydrogen (secondary N) is 4. The molecule has 68 heavy (non-hydrogen) atoms. The number of anilines is 2. The Hall–Kier alpha value is -6.66. The highest BCUT2D eigenvalue weighted by Gasteiger charge is 2.29. The Morgan fingerprint density at radius 1 is 0.544 bits per heavy atom. The van der Waals surface area contributed by atoms with E-state index in [1.807, 2.05) is 150 Å². The van der Waals surface area contributed by atoms with Crippen molar-refractivity contribution in [1.82, 2.24) is 19.2 Å². The number of furan rings is 2. The van der Waals surface area contributed by atoms with Crippen LogP contribution in [0.15, 0.2) is 188 Å². The van der Waals surface area contributed by atoms with Crippen molar-refractivity contribution in [2.24, 2.45) is 0 Å². The van der Waals surface area contributed by atoms with Gasteiger partial charge in [0, 0.05) is 50.3 Å². The van der Waals surface area contributed by atoms with Crippen molar-refractivity contribution in [3.8, 4) is 11.1 Å². The zero-order chi connectivity index (χ0) is 47.2. The van der Waals surface area contributed by atoms with Crippen LogP contribution in [0.5, 0.6) is 0 Å². The van der Waals surface area contributed by atoms with Gasteiger partial charge >= 0.3 is 0 Å². The largest absolute Gasteiger partial charge is 0.467 e. The van der Waals surface area contributed by atoms with E-state index in [-0.39, 0.29) is 36.7 Å². The smallest absolute Gasteiger partial charge is 0.245 e. The molecule has 346 valence electrons. The lowest BCUT2D eigenvalue weighted by molar-refractivity contribution is -0.135. The van der Waals surface area contributed by atoms with Gasteiger partial charge in [0.05, 0.1) is 38.7 Å². The van der Waals surface area contributed by atoms with Crippen molar-refractivity contribution in [1.29, 1.82) is 0 Å². The van der Waals surface area contributed by atoms with E-state index in [1.54, 1.807) is 40.1 Å². The van der Waals surface area contributed by atoms with Crippen molar-refractivity contribution in [2.45, 2.75) is 61.9 Å². The number of thiophene rings is 2. The molecule has 0 radical (unpaired) electrons. The van der Waals surface area contributed by atoms with Gasteiger partial charge in [-0.2, -0.15) is 0 Å². The van der Waals surface area contributed by atoms with Gasteiger partial charge in [-0.3, -0.25) is 19.2 Å². The fourth-order valence-corrected chi connectivity index (χ4v) is 10.4. The molecule has 0 spiro atoms. The van der Waals surface area contributed by atoms with Gasteiger partial charge in [0.25, 0.3) is 0 Å². The summed E-state index contributed by atoms with van der Waals surface area (Å²) in [7, 11) is 0. The van der Waals surface area contributed by atoms with E-state index in [2.05, 4.69) is 31.5 Å². The summed E-state index contributed by atoms with van der Waals surface area (Å²) in [5.41, 5.74) is 4.81. The van der Waals surface area contributed by atoms with Crippen molar-refractivity contribution >= 4 is 81.6 Å². The minimum absolute atomic E-state index is 0.120. The Kier molecular flexibility index (Phi) is 16.4. The predicted molar refractivity (Wildman–Crippen MR) is 271 cm³/mol. The molecule has 0 aliphatic rings. The number of nitrogens with zero attached hydrogens (tertiary/aromatic N) is 2. The number of carbonyl (C=O) groups excluding carboxylic acids is 4. The molecular weight excluding hydrogens is 933 g/mol. The van der Waals surface area contributed by atoms with Crippen molar-refractivity contribution in [3.05, 3.63) is 201 Å². The third kappa shape index (κ3) is 13.3. The molecule has 16 heteroatoms. The third-order valence-electron chi connectivity index (χ3n) is 10.5. The Morgan fingerprint density at radius 3 is 1.59 bits per heavy atom. The predicted octanol–water partition coefficient (Wildman–Crippen LogP) is 11.7. The van der Waals surface area contributed by atoms with Gasteiger partial charge in [-0.05, 0) is 130 Å². The van der Waals surface area contributed by atoms with Gasteiger partial charge in [-0.25, -0.2) is 9.44 Å². The average molecular weight is 981 g/mol. The second-order valence-corrected chi connectivity index (χ2v) is 19.5. The van der Waals surface area contributed by atoms with Gasteiger partial charge in [-0.15, -0.1) is 22.7 Å². The van der Waals surface area contributed by atoms with Crippen LogP contribution in [0.4, 0.5) is 11.4 Å². The molecule has 0 aliphatic heterocycles. The molecule has 0 saturated heterocycles. The molecule has 4 heterocycles. The summed E-state index contributed by atoms with van der Waals surface area (Å²) in [5.74, 6) is 0.737. The first-order valence-corrected chi connectivity index (χ1v) is 25.0. The lowest BCUT2D eigenvalue weighted by Gasteiger charge is -2.27. The zero-order valence-corrected chi connectivity index (χ0v) is 40.4. The highest BCUT2D eigenvalue weighted by Crippen LogP contribution is 2.32. The number of carbonyl (C=O) groups is 4. The van der Waals surface area contributed by atoms with Crippen molar-refractivity contribution in [3.63, 3.8) is 0 Å². The van der Waals surface area contributed by atoms with Gasteiger partial charge < -0.3 is 29.3 Å². The summed E-state index contributed by atoms with van der Waals surface area (Å²) in [4.78, 5) is 59.9. The summed E-state index contributed by atoms with van der Waals surface area (Å²) < 4.78 is 18.8. The van der Waals surface area contributed by atoms with E-state index in [9.17, 15) is 19.2 Å². The van der Waals surface area contributed by atoms with Crippen molar-refractivity contribution in [2.75, 3.05) is 10.6 Å². The maximum absolute atomic E-state index is 14.7. The number of rotatable bonds is 21. The molecule has 0 saturated carbocycles. The molecule has 0 aliphatic carbocycles. The molecule has 0 unspecified atom stereocenters. The SMILES string of the molecule is CC(=O)Nc1ccc(SN[C@H](C(=O)N(Cc2cc(-c3csc(CN(Cc4ccco4)C(=O)[C@H](NSc4ccc(NC(C)=O)cc4)c4ccccc4)c3)co2)Cc2cccs2)c2ccccc2)cc1. The van der Waals surface area contributed by atoms with Crippen LogP contribution in [-0.4, -0.2) is 33.4 Å². The van der Waals surface area contributed by atoms with Crippen LogP contribution in [0.25, 0.3) is 11.1 Å². The van der Waals surface area contributed by atoms with Gasteiger partial charge in [-0.1, -0.05) is 66.7 Å². The molecule has 0 bridgehead atoms. The van der Waals surface area contributed by atoms with E-state index in [1.165, 1.54) is 37.7 Å². The van der Waals surface area contributed by atoms with Crippen LogP contribution in [0.2, 0.25) is 0 Å². The van der Waals surface area contributed by atoms with Gasteiger partial charge in [0.2, 0.25) is 23.6 Å². The van der Waals surface area contributed by atoms with Gasteiger partial charge in [0.1, 0.15) is 23.6 Å². The lowest BCUT2D eigenvalue weighted by atomic mass is 10.1. The van der Waals surface area contributed by atoms with Crippen LogP contribution in [0.3, 0.4) is 0 Å². The van der Waals surface area contributed by atoms with E-state index < -0.39 is 12.1 Å². The van der Waals surface area contributed by atoms with E-state index in [0.717, 1.165) is 41.8 Å². The molecule has 8 aromatic rings. The topological polar surface area (TPSA) is 149 Å². The summed E-state index contributed by atoms with van der Waals surface area (Å²) in [5, 5.41) is 9.63. The molecule has 2 atom stereocenters. The quantitative estimate of drug-likeness (QED) is 0.0513. The Labute approximate surface area is 411 Å². The van der Waals surface area contributed by atoms with E-state index >= 15 is 0 Å².